The number of para-hydroxylation sites is 1. The van der Waals surface area contributed by atoms with Crippen molar-refractivity contribution in [3.05, 3.63) is 90.5 Å². The van der Waals surface area contributed by atoms with Gasteiger partial charge in [-0.25, -0.2) is 9.78 Å². The van der Waals surface area contributed by atoms with Crippen LogP contribution in [0.4, 0.5) is 5.13 Å². The van der Waals surface area contributed by atoms with E-state index in [1.807, 2.05) is 25.1 Å². The smallest absolute Gasteiger partial charge is 0.300 e. The van der Waals surface area contributed by atoms with Gasteiger partial charge < -0.3 is 5.32 Å². The average Bonchev–Trinajstić information content (AvgIpc) is 3.20. The Morgan fingerprint density at radius 2 is 1.94 bits per heavy atom. The molecule has 0 fully saturated rings. The summed E-state index contributed by atoms with van der Waals surface area (Å²) in [6, 6.07) is 12.7. The first kappa shape index (κ1) is 22.0. The predicted molar refractivity (Wildman–Crippen MR) is 128 cm³/mol. The number of aryl methyl sites for hydroxylation is 1. The number of thiazole rings is 1. The molecule has 1 N–H and O–H groups in total. The number of amides is 1. The second-order valence-electron chi connectivity index (χ2n) is 7.38. The minimum absolute atomic E-state index is 0.220. The number of hydrogen-bond donors (Lipinski definition) is 1. The number of nitrogens with zero attached hydrogens (tertiary/aromatic N) is 3. The van der Waals surface area contributed by atoms with Gasteiger partial charge in [-0.2, -0.15) is 0 Å². The molecule has 1 amide bonds. The van der Waals surface area contributed by atoms with Crippen LogP contribution in [0, 0.1) is 6.92 Å². The Hall–Kier alpha value is -3.23. The summed E-state index contributed by atoms with van der Waals surface area (Å²) >= 11 is 7.56. The lowest BCUT2D eigenvalue weighted by Gasteiger charge is -2.12. The first-order valence-electron chi connectivity index (χ1n) is 10.1. The number of hydrogen-bond acceptors (Lipinski definition) is 5. The molecule has 0 bridgehead atoms. The molecule has 0 atom stereocenters. The third-order valence-electron chi connectivity index (χ3n) is 5.16. The molecule has 0 radical (unpaired) electrons. The maximum atomic E-state index is 12.8. The van der Waals surface area contributed by atoms with Crippen LogP contribution in [-0.4, -0.2) is 20.0 Å². The molecular weight excluding hydrogens is 448 g/mol. The lowest BCUT2D eigenvalue weighted by molar-refractivity contribution is -0.116. The molecule has 7 nitrogen and oxygen atoms in total. The van der Waals surface area contributed by atoms with E-state index in [-0.39, 0.29) is 18.6 Å². The molecule has 2 heterocycles. The van der Waals surface area contributed by atoms with E-state index in [2.05, 4.69) is 10.3 Å². The molecule has 4 rings (SSSR count). The highest BCUT2D eigenvalue weighted by Gasteiger charge is 2.15. The molecule has 4 aromatic rings. The molecule has 0 saturated carbocycles. The van der Waals surface area contributed by atoms with E-state index in [1.165, 1.54) is 15.9 Å². The zero-order valence-corrected chi connectivity index (χ0v) is 19.2. The molecular formula is C23H21ClN4O3S. The SMILES string of the molecule is CCn1c(=O)c2ccccc2n(CC(=O)Nc2ncc(Cc3ccc(C)c(Cl)c3)s2)c1=O. The molecule has 9 heteroatoms. The Labute approximate surface area is 192 Å². The number of carbonyl (C=O) groups excluding carboxylic acids is 1. The summed E-state index contributed by atoms with van der Waals surface area (Å²) in [5.74, 6) is -0.391. The second kappa shape index (κ2) is 9.10. The van der Waals surface area contributed by atoms with Gasteiger partial charge in [0.05, 0.1) is 10.9 Å². The molecule has 0 unspecified atom stereocenters. The first-order chi connectivity index (χ1) is 15.4. The van der Waals surface area contributed by atoms with E-state index in [9.17, 15) is 14.4 Å². The standard InChI is InChI=1S/C23H21ClN4O3S/c1-3-27-21(30)17-6-4-5-7-19(17)28(23(27)31)13-20(29)26-22-25-12-16(32-22)10-15-9-8-14(2)18(24)11-15/h4-9,11-12H,3,10,13H2,1-2H3,(H,25,26,29). The topological polar surface area (TPSA) is 86.0 Å². The van der Waals surface area contributed by atoms with Gasteiger partial charge in [-0.05, 0) is 43.2 Å². The zero-order valence-electron chi connectivity index (χ0n) is 17.6. The van der Waals surface area contributed by atoms with Crippen molar-refractivity contribution in [3.63, 3.8) is 0 Å². The van der Waals surface area contributed by atoms with E-state index < -0.39 is 11.6 Å². The molecule has 164 valence electrons. The van der Waals surface area contributed by atoms with Crippen LogP contribution in [0.15, 0.2) is 58.3 Å². The average molecular weight is 469 g/mol. The van der Waals surface area contributed by atoms with Crippen molar-refractivity contribution in [2.75, 3.05) is 5.32 Å². The fraction of sp³-hybridized carbons (Fsp3) is 0.217. The van der Waals surface area contributed by atoms with Crippen LogP contribution in [0.1, 0.15) is 22.9 Å². The molecule has 0 saturated heterocycles. The molecule has 0 aliphatic heterocycles. The van der Waals surface area contributed by atoms with Gasteiger partial charge in [-0.1, -0.05) is 35.9 Å². The molecule has 0 aliphatic carbocycles. The number of fused-ring (bicyclic) bond motifs is 1. The Bertz CT molecular complexity index is 1440. The van der Waals surface area contributed by atoms with E-state index in [0.717, 1.165) is 20.6 Å². The van der Waals surface area contributed by atoms with Gasteiger partial charge in [0.2, 0.25) is 5.91 Å². The van der Waals surface area contributed by atoms with Gasteiger partial charge in [-0.15, -0.1) is 11.3 Å². The number of aromatic nitrogens is 3. The van der Waals surface area contributed by atoms with Crippen molar-refractivity contribution < 1.29 is 4.79 Å². The summed E-state index contributed by atoms with van der Waals surface area (Å²) in [5.41, 5.74) is 1.64. The minimum Gasteiger partial charge on any atom is -0.300 e. The Balaban J connectivity index is 1.54. The maximum Gasteiger partial charge on any atom is 0.331 e. The molecule has 32 heavy (non-hydrogen) atoms. The van der Waals surface area contributed by atoms with Gasteiger partial charge in [0.1, 0.15) is 6.54 Å². The van der Waals surface area contributed by atoms with Crippen molar-refractivity contribution in [3.8, 4) is 0 Å². The van der Waals surface area contributed by atoms with Crippen molar-refractivity contribution in [1.82, 2.24) is 14.1 Å². The van der Waals surface area contributed by atoms with Crippen LogP contribution >= 0.6 is 22.9 Å². The van der Waals surface area contributed by atoms with Crippen LogP contribution in [0.5, 0.6) is 0 Å². The van der Waals surface area contributed by atoms with Gasteiger partial charge >= 0.3 is 5.69 Å². The monoisotopic (exact) mass is 468 g/mol. The number of rotatable bonds is 6. The molecule has 2 aromatic carbocycles. The number of nitrogens with one attached hydrogen (secondary N) is 1. The third kappa shape index (κ3) is 4.37. The van der Waals surface area contributed by atoms with Crippen LogP contribution in [-0.2, 0) is 24.3 Å². The highest BCUT2D eigenvalue weighted by molar-refractivity contribution is 7.15. The number of benzene rings is 2. The van der Waals surface area contributed by atoms with Crippen molar-refractivity contribution in [2.45, 2.75) is 33.4 Å². The largest absolute Gasteiger partial charge is 0.331 e. The van der Waals surface area contributed by atoms with E-state index >= 15 is 0 Å². The van der Waals surface area contributed by atoms with E-state index in [4.69, 9.17) is 11.6 Å². The molecule has 0 spiro atoms. The predicted octanol–water partition coefficient (Wildman–Crippen LogP) is 3.83. The summed E-state index contributed by atoms with van der Waals surface area (Å²) in [5, 5.41) is 4.32. The normalized spacial score (nSPS) is 11.1. The van der Waals surface area contributed by atoms with Gasteiger partial charge in [0, 0.05) is 29.1 Å². The minimum atomic E-state index is -0.512. The van der Waals surface area contributed by atoms with Crippen LogP contribution in [0.25, 0.3) is 10.9 Å². The molecule has 0 aliphatic rings. The fourth-order valence-electron chi connectivity index (χ4n) is 3.50. The summed E-state index contributed by atoms with van der Waals surface area (Å²) in [4.78, 5) is 43.3. The van der Waals surface area contributed by atoms with Crippen molar-refractivity contribution in [1.29, 1.82) is 0 Å². The van der Waals surface area contributed by atoms with Crippen LogP contribution in [0.2, 0.25) is 5.02 Å². The van der Waals surface area contributed by atoms with E-state index in [1.54, 1.807) is 37.4 Å². The first-order valence-corrected chi connectivity index (χ1v) is 11.3. The Morgan fingerprint density at radius 3 is 2.69 bits per heavy atom. The maximum absolute atomic E-state index is 12.8. The Kier molecular flexibility index (Phi) is 6.25. The lowest BCUT2D eigenvalue weighted by atomic mass is 10.1. The lowest BCUT2D eigenvalue weighted by Crippen LogP contribution is -2.41. The summed E-state index contributed by atoms with van der Waals surface area (Å²) in [6.45, 7) is 3.68. The zero-order chi connectivity index (χ0) is 22.8. The number of halogens is 1. The summed E-state index contributed by atoms with van der Waals surface area (Å²) in [7, 11) is 0. The Morgan fingerprint density at radius 1 is 1.16 bits per heavy atom. The highest BCUT2D eigenvalue weighted by Crippen LogP contribution is 2.24. The molecule has 2 aromatic heterocycles. The summed E-state index contributed by atoms with van der Waals surface area (Å²) < 4.78 is 2.45. The second-order valence-corrected chi connectivity index (χ2v) is 8.90. The van der Waals surface area contributed by atoms with E-state index in [0.29, 0.717) is 27.5 Å². The van der Waals surface area contributed by atoms with Gasteiger partial charge in [0.15, 0.2) is 5.13 Å². The third-order valence-corrected chi connectivity index (χ3v) is 6.48. The number of carbonyl (C=O) groups is 1. The quantitative estimate of drug-likeness (QED) is 0.466. The van der Waals surface area contributed by atoms with Crippen molar-refractivity contribution >= 4 is 44.9 Å². The number of anilines is 1. The highest BCUT2D eigenvalue weighted by atomic mass is 35.5. The van der Waals surface area contributed by atoms with Crippen molar-refractivity contribution in [2.24, 2.45) is 0 Å². The summed E-state index contributed by atoms with van der Waals surface area (Å²) in [6.07, 6.45) is 2.37. The van der Waals surface area contributed by atoms with Crippen LogP contribution in [0.3, 0.4) is 0 Å². The van der Waals surface area contributed by atoms with Gasteiger partial charge in [-0.3, -0.25) is 18.7 Å². The van der Waals surface area contributed by atoms with Crippen LogP contribution < -0.4 is 16.6 Å². The fourth-order valence-corrected chi connectivity index (χ4v) is 4.57. The van der Waals surface area contributed by atoms with Gasteiger partial charge in [0.25, 0.3) is 5.56 Å².